The summed E-state index contributed by atoms with van der Waals surface area (Å²) in [6.45, 7) is 3.88. The van der Waals surface area contributed by atoms with E-state index in [1.54, 1.807) is 6.08 Å². The molecule has 0 aliphatic heterocycles. The van der Waals surface area contributed by atoms with Gasteiger partial charge in [-0.05, 0) is 37.3 Å². The van der Waals surface area contributed by atoms with Crippen LogP contribution in [0, 0.1) is 0 Å². The fraction of sp³-hybridized carbons (Fsp3) is 0.467. The number of allylic oxidation sites excluding steroid dienone is 1. The van der Waals surface area contributed by atoms with Gasteiger partial charge in [0.05, 0.1) is 13.2 Å². The lowest BCUT2D eigenvalue weighted by atomic mass is 10.1. The number of hydrogen-bond donors (Lipinski definition) is 0. The minimum Gasteiger partial charge on any atom is -0.493 e. The monoisotopic (exact) mass is 288 g/mol. The average molecular weight is 288 g/mol. The summed E-state index contributed by atoms with van der Waals surface area (Å²) in [7, 11) is 0. The Bertz CT molecular complexity index is 402. The second-order valence-corrected chi connectivity index (χ2v) is 4.30. The molecule has 1 aromatic carbocycles. The van der Waals surface area contributed by atoms with Gasteiger partial charge in [-0.2, -0.15) is 0 Å². The van der Waals surface area contributed by atoms with Gasteiger partial charge in [0.2, 0.25) is 0 Å². The second kappa shape index (κ2) is 8.64. The van der Waals surface area contributed by atoms with Crippen LogP contribution in [-0.2, 0) is 11.2 Å². The van der Waals surface area contributed by atoms with Gasteiger partial charge in [-0.1, -0.05) is 24.3 Å². The first-order valence-corrected chi connectivity index (χ1v) is 6.55. The van der Waals surface area contributed by atoms with E-state index in [9.17, 15) is 13.2 Å². The fourth-order valence-corrected chi connectivity index (χ4v) is 1.72. The molecule has 0 saturated heterocycles. The molecule has 0 aliphatic rings. The SMILES string of the molecule is C=CCc1ccccc1OCCCCCOC(F)(F)F. The van der Waals surface area contributed by atoms with Crippen LogP contribution in [0.25, 0.3) is 0 Å². The summed E-state index contributed by atoms with van der Waals surface area (Å²) >= 11 is 0. The first-order chi connectivity index (χ1) is 9.53. The third-order valence-corrected chi connectivity index (χ3v) is 2.65. The summed E-state index contributed by atoms with van der Waals surface area (Å²) < 4.78 is 44.5. The number of para-hydroxylation sites is 1. The van der Waals surface area contributed by atoms with Gasteiger partial charge in [-0.3, -0.25) is 4.74 Å². The molecule has 5 heteroatoms. The second-order valence-electron chi connectivity index (χ2n) is 4.30. The zero-order valence-corrected chi connectivity index (χ0v) is 11.3. The average Bonchev–Trinajstić information content (AvgIpc) is 2.38. The Hall–Kier alpha value is -1.49. The largest absolute Gasteiger partial charge is 0.522 e. The normalized spacial score (nSPS) is 11.3. The molecule has 0 amide bonds. The third kappa shape index (κ3) is 7.19. The highest BCUT2D eigenvalue weighted by Crippen LogP contribution is 2.19. The molecule has 0 spiro atoms. The van der Waals surface area contributed by atoms with Crippen LogP contribution in [0.4, 0.5) is 13.2 Å². The molecule has 0 saturated carbocycles. The smallest absolute Gasteiger partial charge is 0.493 e. The lowest BCUT2D eigenvalue weighted by Gasteiger charge is -2.10. The number of unbranched alkanes of at least 4 members (excludes halogenated alkanes) is 2. The van der Waals surface area contributed by atoms with Crippen molar-refractivity contribution < 1.29 is 22.6 Å². The van der Waals surface area contributed by atoms with Crippen LogP contribution in [-0.4, -0.2) is 19.6 Å². The van der Waals surface area contributed by atoms with Crippen LogP contribution in [0.3, 0.4) is 0 Å². The van der Waals surface area contributed by atoms with Gasteiger partial charge in [-0.25, -0.2) is 0 Å². The van der Waals surface area contributed by atoms with Crippen LogP contribution in [0.5, 0.6) is 5.75 Å². The van der Waals surface area contributed by atoms with Gasteiger partial charge >= 0.3 is 6.36 Å². The van der Waals surface area contributed by atoms with E-state index in [-0.39, 0.29) is 6.61 Å². The number of hydrogen-bond acceptors (Lipinski definition) is 2. The Kier molecular flexibility index (Phi) is 7.15. The fourth-order valence-electron chi connectivity index (χ4n) is 1.72. The molecule has 0 fully saturated rings. The van der Waals surface area contributed by atoms with Crippen molar-refractivity contribution in [3.63, 3.8) is 0 Å². The van der Waals surface area contributed by atoms with Gasteiger partial charge in [0.15, 0.2) is 0 Å². The maximum Gasteiger partial charge on any atom is 0.522 e. The molecule has 20 heavy (non-hydrogen) atoms. The number of ether oxygens (including phenoxy) is 2. The molecule has 0 atom stereocenters. The molecular weight excluding hydrogens is 269 g/mol. The molecular formula is C15H19F3O2. The van der Waals surface area contributed by atoms with Crippen molar-refractivity contribution in [1.82, 2.24) is 0 Å². The van der Waals surface area contributed by atoms with Crippen molar-refractivity contribution in [1.29, 1.82) is 0 Å². The highest BCUT2D eigenvalue weighted by molar-refractivity contribution is 5.34. The standard InChI is InChI=1S/C15H19F3O2/c1-2-8-13-9-4-5-10-14(13)19-11-6-3-7-12-20-15(16,17)18/h2,4-5,9-10H,1,3,6-8,11-12H2. The minimum atomic E-state index is -4.53. The topological polar surface area (TPSA) is 18.5 Å². The van der Waals surface area contributed by atoms with Crippen LogP contribution in [0.15, 0.2) is 36.9 Å². The van der Waals surface area contributed by atoms with Crippen molar-refractivity contribution in [3.05, 3.63) is 42.5 Å². The van der Waals surface area contributed by atoms with Crippen molar-refractivity contribution in [2.45, 2.75) is 32.0 Å². The summed E-state index contributed by atoms with van der Waals surface area (Å²) in [6.07, 6.45) is -0.285. The van der Waals surface area contributed by atoms with E-state index in [1.165, 1.54) is 0 Å². The molecule has 2 nitrogen and oxygen atoms in total. The van der Waals surface area contributed by atoms with Crippen molar-refractivity contribution in [2.75, 3.05) is 13.2 Å². The summed E-state index contributed by atoms with van der Waals surface area (Å²) in [5.41, 5.74) is 1.06. The Morgan fingerprint density at radius 2 is 1.75 bits per heavy atom. The van der Waals surface area contributed by atoms with Crippen LogP contribution < -0.4 is 4.74 Å². The van der Waals surface area contributed by atoms with E-state index in [2.05, 4.69) is 11.3 Å². The van der Waals surface area contributed by atoms with Crippen molar-refractivity contribution in [2.24, 2.45) is 0 Å². The molecule has 0 bridgehead atoms. The number of rotatable bonds is 9. The molecule has 1 rings (SSSR count). The van der Waals surface area contributed by atoms with Crippen LogP contribution in [0.2, 0.25) is 0 Å². The maximum absolute atomic E-state index is 11.7. The van der Waals surface area contributed by atoms with Gasteiger partial charge < -0.3 is 4.74 Å². The summed E-state index contributed by atoms with van der Waals surface area (Å²) in [5.74, 6) is 0.805. The highest BCUT2D eigenvalue weighted by atomic mass is 19.4. The van der Waals surface area contributed by atoms with Crippen LogP contribution >= 0.6 is 0 Å². The van der Waals surface area contributed by atoms with Crippen molar-refractivity contribution in [3.8, 4) is 5.75 Å². The predicted molar refractivity (Wildman–Crippen MR) is 71.7 cm³/mol. The highest BCUT2D eigenvalue weighted by Gasteiger charge is 2.28. The lowest BCUT2D eigenvalue weighted by molar-refractivity contribution is -0.324. The Labute approximate surface area is 117 Å². The van der Waals surface area contributed by atoms with Gasteiger partial charge in [-0.15, -0.1) is 19.8 Å². The minimum absolute atomic E-state index is 0.295. The molecule has 1 aromatic rings. The van der Waals surface area contributed by atoms with E-state index >= 15 is 0 Å². The Morgan fingerprint density at radius 1 is 1.05 bits per heavy atom. The molecule has 0 N–H and O–H groups in total. The van der Waals surface area contributed by atoms with Gasteiger partial charge in [0, 0.05) is 0 Å². The van der Waals surface area contributed by atoms with E-state index in [4.69, 9.17) is 4.74 Å². The zero-order chi connectivity index (χ0) is 14.8. The summed E-state index contributed by atoms with van der Waals surface area (Å²) in [6, 6.07) is 7.67. The molecule has 0 radical (unpaired) electrons. The van der Waals surface area contributed by atoms with Gasteiger partial charge in [0.1, 0.15) is 5.75 Å². The summed E-state index contributed by atoms with van der Waals surface area (Å²) in [5, 5.41) is 0. The number of benzene rings is 1. The number of halogens is 3. The van der Waals surface area contributed by atoms with Gasteiger partial charge in [0.25, 0.3) is 0 Å². The van der Waals surface area contributed by atoms with E-state index < -0.39 is 6.36 Å². The zero-order valence-electron chi connectivity index (χ0n) is 11.3. The third-order valence-electron chi connectivity index (χ3n) is 2.65. The predicted octanol–water partition coefficient (Wildman–Crippen LogP) is 4.50. The molecule has 0 aromatic heterocycles. The maximum atomic E-state index is 11.7. The molecule has 0 heterocycles. The quantitative estimate of drug-likeness (QED) is 0.492. The molecule has 0 unspecified atom stereocenters. The Morgan fingerprint density at radius 3 is 2.45 bits per heavy atom. The van der Waals surface area contributed by atoms with Crippen LogP contribution in [0.1, 0.15) is 24.8 Å². The van der Waals surface area contributed by atoms with E-state index in [0.29, 0.717) is 25.9 Å². The first kappa shape index (κ1) is 16.6. The van der Waals surface area contributed by atoms with Crippen molar-refractivity contribution >= 4 is 0 Å². The summed E-state index contributed by atoms with van der Waals surface area (Å²) in [4.78, 5) is 0. The Balaban J connectivity index is 2.17. The van der Waals surface area contributed by atoms with E-state index in [0.717, 1.165) is 17.7 Å². The molecule has 0 aliphatic carbocycles. The lowest BCUT2D eigenvalue weighted by Crippen LogP contribution is -2.14. The number of alkyl halides is 3. The first-order valence-electron chi connectivity index (χ1n) is 6.55. The molecule has 112 valence electrons. The van der Waals surface area contributed by atoms with E-state index in [1.807, 2.05) is 24.3 Å².